The normalized spacial score (nSPS) is 16.1. The molecule has 2 saturated heterocycles. The quantitative estimate of drug-likeness (QED) is 0.223. The molecule has 1 N–H and O–H groups in total. The van der Waals surface area contributed by atoms with Crippen LogP contribution in [0.2, 0.25) is 0 Å². The number of fused-ring (bicyclic) bond motifs is 1. The van der Waals surface area contributed by atoms with E-state index in [1.54, 1.807) is 17.9 Å². The van der Waals surface area contributed by atoms with Gasteiger partial charge in [-0.3, -0.25) is 5.10 Å². The molecule has 0 atom stereocenters. The molecule has 1 aromatic carbocycles. The van der Waals surface area contributed by atoms with Gasteiger partial charge in [0.2, 0.25) is 5.88 Å². The average Bonchev–Trinajstić information content (AvgIpc) is 3.50. The second-order valence-corrected chi connectivity index (χ2v) is 13.2. The summed E-state index contributed by atoms with van der Waals surface area (Å²) in [4.78, 5) is 38.8. The van der Waals surface area contributed by atoms with Crippen molar-refractivity contribution in [2.75, 3.05) is 37.7 Å². The minimum absolute atomic E-state index is 0.103. The second kappa shape index (κ2) is 13.9. The van der Waals surface area contributed by atoms with Crippen LogP contribution in [0.3, 0.4) is 0 Å². The molecule has 3 aromatic heterocycles. The molecule has 12 nitrogen and oxygen atoms in total. The summed E-state index contributed by atoms with van der Waals surface area (Å²) in [6.07, 6.45) is 4.24. The fraction of sp³-hybridized carbons (Fsp3) is 0.444. The number of amides is 1. The molecular formula is C36H41N7O5. The largest absolute Gasteiger partial charge is 0.473 e. The Labute approximate surface area is 280 Å². The Kier molecular flexibility index (Phi) is 9.48. The van der Waals surface area contributed by atoms with Crippen LogP contribution in [-0.2, 0) is 9.47 Å². The van der Waals surface area contributed by atoms with Gasteiger partial charge >= 0.3 is 12.1 Å². The Morgan fingerprint density at radius 3 is 2.38 bits per heavy atom. The molecule has 250 valence electrons. The fourth-order valence-corrected chi connectivity index (χ4v) is 6.19. The summed E-state index contributed by atoms with van der Waals surface area (Å²) in [5, 5.41) is 17.4. The third-order valence-corrected chi connectivity index (χ3v) is 8.63. The highest BCUT2D eigenvalue weighted by molar-refractivity contribution is 6.03. The lowest BCUT2D eigenvalue weighted by molar-refractivity contribution is 0.0124. The summed E-state index contributed by atoms with van der Waals surface area (Å²) >= 11 is 0. The van der Waals surface area contributed by atoms with Gasteiger partial charge < -0.3 is 24.0 Å². The highest BCUT2D eigenvalue weighted by Gasteiger charge is 2.30. The maximum absolute atomic E-state index is 12.9. The summed E-state index contributed by atoms with van der Waals surface area (Å²) in [5.74, 6) is 0.830. The molecule has 6 rings (SSSR count). The molecule has 5 heterocycles. The lowest BCUT2D eigenvalue weighted by atomic mass is 9.93. The average molecular weight is 652 g/mol. The number of esters is 1. The van der Waals surface area contributed by atoms with Crippen LogP contribution in [0, 0.1) is 17.2 Å². The van der Waals surface area contributed by atoms with Gasteiger partial charge in [-0.05, 0) is 69.9 Å². The van der Waals surface area contributed by atoms with E-state index in [9.17, 15) is 14.9 Å². The molecule has 48 heavy (non-hydrogen) atoms. The van der Waals surface area contributed by atoms with Crippen molar-refractivity contribution in [1.29, 1.82) is 5.26 Å². The Bertz CT molecular complexity index is 1810. The number of aromatic nitrogens is 4. The number of nitrogens with one attached hydrogen (secondary N) is 1. The summed E-state index contributed by atoms with van der Waals surface area (Å²) < 4.78 is 17.3. The van der Waals surface area contributed by atoms with Crippen LogP contribution in [0.5, 0.6) is 5.88 Å². The van der Waals surface area contributed by atoms with Crippen molar-refractivity contribution in [3.63, 3.8) is 0 Å². The molecule has 0 radical (unpaired) electrons. The van der Waals surface area contributed by atoms with Gasteiger partial charge in [-0.15, -0.1) is 5.10 Å². The Balaban J connectivity index is 1.31. The topological polar surface area (TPSA) is 147 Å². The van der Waals surface area contributed by atoms with E-state index >= 15 is 0 Å². The molecule has 0 aliphatic carbocycles. The number of benzene rings is 1. The maximum atomic E-state index is 12.9. The number of carbonyl (C=O) groups is 2. The van der Waals surface area contributed by atoms with Crippen LogP contribution < -0.4 is 9.64 Å². The molecule has 12 heteroatoms. The van der Waals surface area contributed by atoms with Gasteiger partial charge in [0.1, 0.15) is 17.5 Å². The van der Waals surface area contributed by atoms with Gasteiger partial charge in [-0.25, -0.2) is 19.6 Å². The lowest BCUT2D eigenvalue weighted by Gasteiger charge is -2.33. The molecule has 2 aliphatic heterocycles. The van der Waals surface area contributed by atoms with Crippen LogP contribution in [0.25, 0.3) is 33.3 Å². The van der Waals surface area contributed by atoms with E-state index in [-0.39, 0.29) is 30.4 Å². The predicted molar refractivity (Wildman–Crippen MR) is 181 cm³/mol. The van der Waals surface area contributed by atoms with E-state index < -0.39 is 11.6 Å². The standard InChI is InChI=1S/C36H41N7O5/c1-5-46-34(44)29-20-28(27-9-7-6-8-26(27)24-10-11-30(38-22-24)42-16-12-23(21-37)13-17-42)31-32(39-29)40-41-33(31)47-25-14-18-43(19-15-25)35(45)48-36(2,3)4/h6-11,20,22-23,25H,5,12-19H2,1-4H3,(H,39,40,41). The minimum atomic E-state index is -0.561. The molecule has 2 aliphatic rings. The van der Waals surface area contributed by atoms with Crippen molar-refractivity contribution in [1.82, 2.24) is 25.1 Å². The number of aromatic amines is 1. The van der Waals surface area contributed by atoms with Crippen LogP contribution in [0.1, 0.15) is 63.9 Å². The van der Waals surface area contributed by atoms with Gasteiger partial charge in [0.15, 0.2) is 11.3 Å². The van der Waals surface area contributed by atoms with Gasteiger partial charge in [-0.1, -0.05) is 24.3 Å². The number of piperidine rings is 2. The van der Waals surface area contributed by atoms with Crippen molar-refractivity contribution in [2.45, 2.75) is 65.1 Å². The van der Waals surface area contributed by atoms with E-state index in [1.165, 1.54) is 0 Å². The number of carbonyl (C=O) groups excluding carboxylic acids is 2. The van der Waals surface area contributed by atoms with E-state index in [0.717, 1.165) is 54.0 Å². The number of nitriles is 1. The molecular weight excluding hydrogens is 610 g/mol. The summed E-state index contributed by atoms with van der Waals surface area (Å²) in [5.41, 5.74) is 3.39. The highest BCUT2D eigenvalue weighted by atomic mass is 16.6. The predicted octanol–water partition coefficient (Wildman–Crippen LogP) is 6.38. The lowest BCUT2D eigenvalue weighted by Crippen LogP contribution is -2.44. The van der Waals surface area contributed by atoms with Gasteiger partial charge in [0.05, 0.1) is 18.1 Å². The number of pyridine rings is 2. The second-order valence-electron chi connectivity index (χ2n) is 13.2. The molecule has 0 saturated carbocycles. The monoisotopic (exact) mass is 651 g/mol. The Morgan fingerprint density at radius 1 is 1.00 bits per heavy atom. The summed E-state index contributed by atoms with van der Waals surface area (Å²) in [6, 6.07) is 16.1. The number of anilines is 1. The molecule has 1 amide bonds. The van der Waals surface area contributed by atoms with E-state index in [1.807, 2.05) is 63.4 Å². The number of nitrogens with zero attached hydrogens (tertiary/aromatic N) is 6. The first-order chi connectivity index (χ1) is 23.1. The van der Waals surface area contributed by atoms with Gasteiger partial charge in [0, 0.05) is 62.3 Å². The molecule has 4 aromatic rings. The number of hydrogen-bond donors (Lipinski definition) is 1. The van der Waals surface area contributed by atoms with Crippen molar-refractivity contribution < 1.29 is 23.8 Å². The number of H-pyrrole nitrogens is 1. The number of likely N-dealkylation sites (tertiary alicyclic amines) is 1. The minimum Gasteiger partial charge on any atom is -0.473 e. The highest BCUT2D eigenvalue weighted by Crippen LogP contribution is 2.40. The first kappa shape index (κ1) is 32.7. The number of rotatable bonds is 7. The molecule has 2 fully saturated rings. The Morgan fingerprint density at radius 2 is 1.73 bits per heavy atom. The zero-order valence-corrected chi connectivity index (χ0v) is 27.9. The number of ether oxygens (including phenoxy) is 3. The SMILES string of the molecule is CCOC(=O)c1cc(-c2ccccc2-c2ccc(N3CCC(C#N)CC3)nc2)c2c(OC3CCN(C(=O)OC(C)(C)C)CC3)n[nH]c2n1. The maximum Gasteiger partial charge on any atom is 0.410 e. The van der Waals surface area contributed by atoms with Crippen molar-refractivity contribution in [2.24, 2.45) is 5.92 Å². The fourth-order valence-electron chi connectivity index (χ4n) is 6.19. The van der Waals surface area contributed by atoms with Crippen molar-refractivity contribution >= 4 is 28.9 Å². The van der Waals surface area contributed by atoms with Gasteiger partial charge in [-0.2, -0.15) is 5.26 Å². The van der Waals surface area contributed by atoms with Crippen molar-refractivity contribution in [3.8, 4) is 34.2 Å². The summed E-state index contributed by atoms with van der Waals surface area (Å²) in [7, 11) is 0. The number of hydrogen-bond acceptors (Lipinski definition) is 10. The van der Waals surface area contributed by atoms with E-state index in [4.69, 9.17) is 19.2 Å². The smallest absolute Gasteiger partial charge is 0.410 e. The Hall–Kier alpha value is -5.18. The third-order valence-electron chi connectivity index (χ3n) is 8.63. The first-order valence-corrected chi connectivity index (χ1v) is 16.5. The van der Waals surface area contributed by atoms with Gasteiger partial charge in [0.25, 0.3) is 0 Å². The third kappa shape index (κ3) is 7.20. The molecule has 0 spiro atoms. The van der Waals surface area contributed by atoms with E-state index in [2.05, 4.69) is 26.2 Å². The van der Waals surface area contributed by atoms with E-state index in [0.29, 0.717) is 42.8 Å². The van der Waals surface area contributed by atoms with Crippen LogP contribution >= 0.6 is 0 Å². The van der Waals surface area contributed by atoms with Crippen molar-refractivity contribution in [3.05, 3.63) is 54.4 Å². The van der Waals surface area contributed by atoms with Crippen LogP contribution in [-0.4, -0.2) is 81.6 Å². The molecule has 0 unspecified atom stereocenters. The zero-order valence-electron chi connectivity index (χ0n) is 27.9. The zero-order chi connectivity index (χ0) is 33.8. The summed E-state index contributed by atoms with van der Waals surface area (Å²) in [6.45, 7) is 10.1. The van der Waals surface area contributed by atoms with Crippen LogP contribution in [0.4, 0.5) is 10.6 Å². The first-order valence-electron chi connectivity index (χ1n) is 16.5. The molecule has 0 bridgehead atoms. The van der Waals surface area contributed by atoms with Crippen LogP contribution in [0.15, 0.2) is 48.7 Å².